The van der Waals surface area contributed by atoms with Crippen LogP contribution in [0, 0.1) is 0 Å². The third-order valence-electron chi connectivity index (χ3n) is 23.4. The molecule has 0 radical (unpaired) electrons. The second-order valence-electron chi connectivity index (χ2n) is 32.3. The number of carbonyl (C=O) groups excluding carboxylic acids is 2. The van der Waals surface area contributed by atoms with Crippen LogP contribution in [0.25, 0.3) is 0 Å². The number of nitrogens with one attached hydrogen (secondary N) is 4. The molecule has 0 spiro atoms. The number of piperidine rings is 3. The minimum atomic E-state index is -0.0257. The highest BCUT2D eigenvalue weighted by molar-refractivity contribution is 5.78. The van der Waals surface area contributed by atoms with Crippen molar-refractivity contribution in [1.29, 1.82) is 0 Å². The molecule has 0 saturated carbocycles. The van der Waals surface area contributed by atoms with Crippen molar-refractivity contribution in [2.75, 3.05) is 160 Å². The molecule has 4 aliphatic heterocycles. The number of rotatable bonds is 51. The van der Waals surface area contributed by atoms with Gasteiger partial charge in [-0.05, 0) is 190 Å². The van der Waals surface area contributed by atoms with Gasteiger partial charge < -0.3 is 102 Å². The minimum absolute atomic E-state index is 0.0257. The van der Waals surface area contributed by atoms with Crippen molar-refractivity contribution in [2.24, 2.45) is 0 Å². The molecule has 4 saturated heterocycles. The fourth-order valence-corrected chi connectivity index (χ4v) is 16.5. The first kappa shape index (κ1) is 96.9. The number of imidazole rings is 1. The molecule has 2 amide bonds. The SMILES string of the molecule is COc1ccccc1COCCCOc1ccc([C@H]2CCNC[C@@H]2OCCOc2ccccc2CCN2CCCC2=O)cc1.COc1ccccc1COCCCOc1ccc([C@H]2CCNC[C@@H]2OCCOc2ccccc2CCn2ccnc2)cc1.COc1ccccc1OCCCCOc1ccc([C@H]2CCNC[C@@H]2OCCOc2ccccc2CCNC(C)=O)cc1. The topological polar surface area (TPSA) is 242 Å². The minimum Gasteiger partial charge on any atom is -0.496 e. The lowest BCUT2D eigenvalue weighted by Crippen LogP contribution is -2.41. The number of likely N-dealkylation sites (tertiary alicyclic amines) is 1. The number of ether oxygens (including phenoxy) is 15. The highest BCUT2D eigenvalue weighted by atomic mass is 16.6. The summed E-state index contributed by atoms with van der Waals surface area (Å²) in [4.78, 5) is 29.2. The number of aryl methyl sites for hydroxylation is 2. The van der Waals surface area contributed by atoms with Crippen LogP contribution in [0.2, 0.25) is 0 Å². The second-order valence-corrected chi connectivity index (χ2v) is 32.3. The van der Waals surface area contributed by atoms with E-state index in [1.807, 2.05) is 145 Å². The van der Waals surface area contributed by atoms with Gasteiger partial charge >= 0.3 is 0 Å². The summed E-state index contributed by atoms with van der Waals surface area (Å²) in [6, 6.07) is 73.2. The Balaban J connectivity index is 0.000000175. The fraction of sp³-hybridized carbons (Fsp3) is 0.438. The van der Waals surface area contributed by atoms with Gasteiger partial charge in [-0.3, -0.25) is 9.59 Å². The van der Waals surface area contributed by atoms with Gasteiger partial charge in [-0.1, -0.05) is 140 Å². The van der Waals surface area contributed by atoms with E-state index in [9.17, 15) is 9.59 Å². The summed E-state index contributed by atoms with van der Waals surface area (Å²) in [6.45, 7) is 17.8. The summed E-state index contributed by atoms with van der Waals surface area (Å²) in [5, 5.41) is 13.3. The van der Waals surface area contributed by atoms with Gasteiger partial charge in [-0.15, -0.1) is 0 Å². The third kappa shape index (κ3) is 32.8. The molecule has 4 N–H and O–H groups in total. The average Bonchev–Trinajstić information content (AvgIpc) is 1.06. The number of para-hydroxylation sites is 7. The predicted molar refractivity (Wildman–Crippen MR) is 502 cm³/mol. The Bertz CT molecular complexity index is 4810. The van der Waals surface area contributed by atoms with Crippen LogP contribution in [0.4, 0.5) is 0 Å². The summed E-state index contributed by atoms with van der Waals surface area (Å²) in [6.07, 6.45) is 16.4. The molecular weight excluding hydrogens is 1630 g/mol. The molecule has 0 aliphatic carbocycles. The van der Waals surface area contributed by atoms with Crippen LogP contribution in [-0.2, 0) is 72.3 Å². The van der Waals surface area contributed by atoms with Gasteiger partial charge in [0.15, 0.2) is 11.5 Å². The number of carbonyl (C=O) groups is 2. The zero-order chi connectivity index (χ0) is 89.3. The molecule has 129 heavy (non-hydrogen) atoms. The smallest absolute Gasteiger partial charge is 0.222 e. The number of unbranched alkanes of at least 4 members (excludes halogenated alkanes) is 1. The van der Waals surface area contributed by atoms with Crippen molar-refractivity contribution in [1.82, 2.24) is 35.7 Å². The zero-order valence-electron chi connectivity index (χ0n) is 75.7. The first-order valence-electron chi connectivity index (χ1n) is 46.1. The van der Waals surface area contributed by atoms with Crippen molar-refractivity contribution in [3.63, 3.8) is 0 Å². The van der Waals surface area contributed by atoms with Gasteiger partial charge in [-0.25, -0.2) is 4.98 Å². The Morgan fingerprint density at radius 2 is 0.767 bits per heavy atom. The largest absolute Gasteiger partial charge is 0.496 e. The molecule has 10 aromatic rings. The summed E-state index contributed by atoms with van der Waals surface area (Å²) in [5.74, 6) is 9.68. The molecule has 1 aromatic heterocycles. The van der Waals surface area contributed by atoms with Crippen molar-refractivity contribution in [2.45, 2.75) is 140 Å². The highest BCUT2D eigenvalue weighted by Crippen LogP contribution is 2.35. The molecule has 5 heterocycles. The molecule has 9 aromatic carbocycles. The maximum atomic E-state index is 12.0. The van der Waals surface area contributed by atoms with Crippen LogP contribution in [0.1, 0.15) is 127 Å². The first-order valence-corrected chi connectivity index (χ1v) is 46.1. The molecule has 4 aliphatic rings. The van der Waals surface area contributed by atoms with E-state index in [-0.39, 0.29) is 30.1 Å². The van der Waals surface area contributed by atoms with E-state index in [0.717, 1.165) is 209 Å². The quantitative estimate of drug-likeness (QED) is 0.0259. The van der Waals surface area contributed by atoms with E-state index in [1.54, 1.807) is 27.5 Å². The van der Waals surface area contributed by atoms with Crippen LogP contribution < -0.4 is 68.6 Å². The third-order valence-corrected chi connectivity index (χ3v) is 23.4. The first-order chi connectivity index (χ1) is 63.6. The Morgan fingerprint density at radius 3 is 1.17 bits per heavy atom. The Hall–Kier alpha value is -11.2. The van der Waals surface area contributed by atoms with E-state index in [2.05, 4.69) is 122 Å². The van der Waals surface area contributed by atoms with Crippen molar-refractivity contribution in [3.05, 3.63) is 282 Å². The maximum absolute atomic E-state index is 12.0. The molecule has 4 fully saturated rings. The molecule has 24 nitrogen and oxygen atoms in total. The van der Waals surface area contributed by atoms with E-state index >= 15 is 0 Å². The maximum Gasteiger partial charge on any atom is 0.222 e. The highest BCUT2D eigenvalue weighted by Gasteiger charge is 2.31. The number of benzene rings is 9. The van der Waals surface area contributed by atoms with Crippen molar-refractivity contribution in [3.8, 4) is 57.5 Å². The van der Waals surface area contributed by atoms with E-state index in [1.165, 1.54) is 29.2 Å². The van der Waals surface area contributed by atoms with Gasteiger partial charge in [-0.2, -0.15) is 0 Å². The molecule has 24 heteroatoms. The summed E-state index contributed by atoms with van der Waals surface area (Å²) >= 11 is 0. The zero-order valence-corrected chi connectivity index (χ0v) is 75.7. The molecule has 690 valence electrons. The fourth-order valence-electron chi connectivity index (χ4n) is 16.5. The van der Waals surface area contributed by atoms with Crippen LogP contribution >= 0.6 is 0 Å². The standard InChI is InChI=1S/C36H46N2O6.C35H43N3O5.C34H44N2O6/c1-40-33-10-4-3-9-30(33)27-41-22-7-23-42-31-15-13-28(14-16-31)32-17-19-37-26-35(32)44-25-24-43-34-11-5-2-8-29(34)18-21-38-20-6-12-36(38)39;1-39-33-9-4-3-8-30(33)26-40-21-6-22-41-31-13-11-28(12-14-31)32-15-17-36-25-35(32)43-24-23-42-34-10-5-2-7-29(34)16-19-38-20-18-37-27-38;1-26(37)36-20-17-28-9-3-4-10-31(28)41-23-24-42-34-25-35-19-18-30(34)27-13-15-29(16-14-27)39-21-7-8-22-40-33-12-6-5-11-32(33)38-2/h2-5,8-11,13-16,32,35,37H,6-7,12,17-27H2,1H3;2-5,7-14,18,20,27,32,35-36H,6,15-17,19,21-26H2,1H3;3-6,9-16,30,34-35H,7-8,17-25H2,1-2H3,(H,36,37)/t2*32-,35+;30-,34+/m111/s1. The number of methoxy groups -OCH3 is 3. The van der Waals surface area contributed by atoms with Crippen LogP contribution in [0.5, 0.6) is 57.5 Å². The second kappa shape index (κ2) is 55.6. The van der Waals surface area contributed by atoms with Crippen molar-refractivity contribution >= 4 is 11.8 Å². The van der Waals surface area contributed by atoms with Gasteiger partial charge in [0.1, 0.15) is 65.8 Å². The lowest BCUT2D eigenvalue weighted by molar-refractivity contribution is -0.127. The molecule has 0 unspecified atom stereocenters. The summed E-state index contributed by atoms with van der Waals surface area (Å²) in [7, 11) is 5.01. The van der Waals surface area contributed by atoms with Gasteiger partial charge in [0.05, 0.1) is 119 Å². The monoisotopic (exact) mass is 1760 g/mol. The number of hydrogen-bond donors (Lipinski definition) is 4. The van der Waals surface area contributed by atoms with Crippen LogP contribution in [0.15, 0.2) is 237 Å². The van der Waals surface area contributed by atoms with E-state index < -0.39 is 0 Å². The number of amides is 2. The van der Waals surface area contributed by atoms with Gasteiger partial charge in [0.2, 0.25) is 11.8 Å². The van der Waals surface area contributed by atoms with Gasteiger partial charge in [0, 0.05) is 113 Å². The van der Waals surface area contributed by atoms with Crippen LogP contribution in [-0.4, -0.2) is 204 Å². The number of nitrogens with zero attached hydrogens (tertiary/aromatic N) is 3. The molecule has 0 bridgehead atoms. The number of hydrogen-bond acceptors (Lipinski definition) is 21. The van der Waals surface area contributed by atoms with E-state index in [4.69, 9.17) is 71.1 Å². The Kier molecular flexibility index (Phi) is 41.8. The predicted octanol–water partition coefficient (Wildman–Crippen LogP) is 16.2. The summed E-state index contributed by atoms with van der Waals surface area (Å²) < 4.78 is 90.9. The summed E-state index contributed by atoms with van der Waals surface area (Å²) in [5.41, 5.74) is 9.32. The Labute approximate surface area is 762 Å². The number of aromatic nitrogens is 2. The molecule has 6 atom stereocenters. The normalized spacial score (nSPS) is 17.1. The van der Waals surface area contributed by atoms with Gasteiger partial charge in [0.25, 0.3) is 0 Å². The molecule has 14 rings (SSSR count). The average molecular weight is 1770 g/mol. The Morgan fingerprint density at radius 1 is 0.395 bits per heavy atom. The lowest BCUT2D eigenvalue weighted by atomic mass is 9.88. The van der Waals surface area contributed by atoms with E-state index in [0.29, 0.717) is 123 Å². The lowest BCUT2D eigenvalue weighted by Gasteiger charge is -2.32. The molecular formula is C105H133N7O17. The van der Waals surface area contributed by atoms with Crippen molar-refractivity contribution < 1.29 is 80.6 Å². The van der Waals surface area contributed by atoms with Crippen LogP contribution in [0.3, 0.4) is 0 Å².